The summed E-state index contributed by atoms with van der Waals surface area (Å²) in [6, 6.07) is 0.330. The second-order valence-corrected chi connectivity index (χ2v) is 4.38. The Bertz CT molecular complexity index is 146. The average molecular weight is 201 g/mol. The number of aliphatic hydroxyl groups excluding tert-OH is 1. The first-order chi connectivity index (χ1) is 6.74. The molecule has 3 nitrogen and oxygen atoms in total. The second-order valence-electron chi connectivity index (χ2n) is 4.38. The van der Waals surface area contributed by atoms with E-state index in [1.54, 1.807) is 7.11 Å². The van der Waals surface area contributed by atoms with Gasteiger partial charge in [-0.1, -0.05) is 12.8 Å². The quantitative estimate of drug-likeness (QED) is 0.677. The van der Waals surface area contributed by atoms with E-state index in [1.165, 1.54) is 25.7 Å². The molecule has 1 fully saturated rings. The van der Waals surface area contributed by atoms with Crippen LogP contribution in [-0.2, 0) is 4.74 Å². The molecule has 1 aliphatic carbocycles. The summed E-state index contributed by atoms with van der Waals surface area (Å²) in [5, 5.41) is 13.1. The van der Waals surface area contributed by atoms with Crippen molar-refractivity contribution in [1.82, 2.24) is 5.32 Å². The third kappa shape index (κ3) is 3.95. The highest BCUT2D eigenvalue weighted by atomic mass is 16.5. The Morgan fingerprint density at radius 2 is 2.07 bits per heavy atom. The number of aliphatic hydroxyl groups is 1. The van der Waals surface area contributed by atoms with Crippen molar-refractivity contribution in [2.75, 3.05) is 20.3 Å². The summed E-state index contributed by atoms with van der Waals surface area (Å²) in [6.45, 7) is 3.48. The molecule has 0 amide bonds. The molecule has 0 bridgehead atoms. The lowest BCUT2D eigenvalue weighted by molar-refractivity contribution is 0.0985. The Labute approximate surface area is 86.8 Å². The Morgan fingerprint density at radius 1 is 1.43 bits per heavy atom. The van der Waals surface area contributed by atoms with Crippen molar-refractivity contribution in [2.45, 2.75) is 44.8 Å². The standard InChI is InChI=1S/C11H23NO2/c1-9(8-14-2)12-7-11(13)10-5-3-4-6-10/h9-13H,3-8H2,1-2H3. The van der Waals surface area contributed by atoms with Gasteiger partial charge in [-0.3, -0.25) is 0 Å². The predicted molar refractivity (Wildman–Crippen MR) is 57.3 cm³/mol. The number of methoxy groups -OCH3 is 1. The third-order valence-electron chi connectivity index (χ3n) is 3.04. The Kier molecular flexibility index (Phi) is 5.45. The minimum absolute atomic E-state index is 0.170. The largest absolute Gasteiger partial charge is 0.392 e. The van der Waals surface area contributed by atoms with Crippen molar-refractivity contribution < 1.29 is 9.84 Å². The summed E-state index contributed by atoms with van der Waals surface area (Å²) in [6.07, 6.45) is 4.80. The first-order valence-corrected chi connectivity index (χ1v) is 5.64. The number of hydrogen-bond acceptors (Lipinski definition) is 3. The SMILES string of the molecule is COCC(C)NCC(O)C1CCCC1. The number of ether oxygens (including phenoxy) is 1. The van der Waals surface area contributed by atoms with Gasteiger partial charge in [0.05, 0.1) is 12.7 Å². The zero-order chi connectivity index (χ0) is 10.4. The van der Waals surface area contributed by atoms with Crippen LogP contribution in [-0.4, -0.2) is 37.5 Å². The zero-order valence-corrected chi connectivity index (χ0v) is 9.33. The normalized spacial score (nSPS) is 22.5. The molecule has 0 spiro atoms. The molecule has 0 heterocycles. The molecule has 0 aromatic rings. The van der Waals surface area contributed by atoms with E-state index in [4.69, 9.17) is 4.74 Å². The highest BCUT2D eigenvalue weighted by molar-refractivity contribution is 4.77. The summed E-state index contributed by atoms with van der Waals surface area (Å²) < 4.78 is 5.02. The van der Waals surface area contributed by atoms with Crippen LogP contribution in [0.15, 0.2) is 0 Å². The van der Waals surface area contributed by atoms with Crippen LogP contribution in [0.2, 0.25) is 0 Å². The lowest BCUT2D eigenvalue weighted by Gasteiger charge is -2.20. The number of hydrogen-bond donors (Lipinski definition) is 2. The van der Waals surface area contributed by atoms with Gasteiger partial charge in [0.1, 0.15) is 0 Å². The number of rotatable bonds is 6. The van der Waals surface area contributed by atoms with E-state index in [0.717, 1.165) is 0 Å². The molecule has 1 rings (SSSR count). The van der Waals surface area contributed by atoms with Crippen molar-refractivity contribution in [3.8, 4) is 0 Å². The van der Waals surface area contributed by atoms with Gasteiger partial charge in [0, 0.05) is 19.7 Å². The van der Waals surface area contributed by atoms with Crippen molar-refractivity contribution >= 4 is 0 Å². The van der Waals surface area contributed by atoms with E-state index in [9.17, 15) is 5.11 Å². The third-order valence-corrected chi connectivity index (χ3v) is 3.04. The molecule has 0 aromatic heterocycles. The maximum absolute atomic E-state index is 9.86. The van der Waals surface area contributed by atoms with E-state index in [1.807, 2.05) is 0 Å². The topological polar surface area (TPSA) is 41.5 Å². The maximum atomic E-state index is 9.86. The molecule has 0 aliphatic heterocycles. The van der Waals surface area contributed by atoms with E-state index in [0.29, 0.717) is 25.1 Å². The highest BCUT2D eigenvalue weighted by Crippen LogP contribution is 2.27. The van der Waals surface area contributed by atoms with Gasteiger partial charge in [-0.05, 0) is 25.7 Å². The maximum Gasteiger partial charge on any atom is 0.0692 e. The number of nitrogens with one attached hydrogen (secondary N) is 1. The van der Waals surface area contributed by atoms with E-state index < -0.39 is 0 Å². The fourth-order valence-electron chi connectivity index (χ4n) is 2.14. The molecule has 3 heteroatoms. The molecule has 84 valence electrons. The van der Waals surface area contributed by atoms with E-state index in [2.05, 4.69) is 12.2 Å². The Balaban J connectivity index is 2.10. The molecule has 2 atom stereocenters. The molecular formula is C11H23NO2. The van der Waals surface area contributed by atoms with Crippen LogP contribution < -0.4 is 5.32 Å². The molecule has 2 unspecified atom stereocenters. The average Bonchev–Trinajstić information content (AvgIpc) is 2.67. The summed E-state index contributed by atoms with van der Waals surface area (Å²) in [5.74, 6) is 0.525. The fourth-order valence-corrected chi connectivity index (χ4v) is 2.14. The van der Waals surface area contributed by atoms with Crippen molar-refractivity contribution in [2.24, 2.45) is 5.92 Å². The first-order valence-electron chi connectivity index (χ1n) is 5.64. The van der Waals surface area contributed by atoms with Gasteiger partial charge in [0.25, 0.3) is 0 Å². The molecule has 1 saturated carbocycles. The molecule has 0 saturated heterocycles. The Morgan fingerprint density at radius 3 is 2.64 bits per heavy atom. The van der Waals surface area contributed by atoms with Gasteiger partial charge < -0.3 is 15.2 Å². The molecule has 1 aliphatic rings. The zero-order valence-electron chi connectivity index (χ0n) is 9.33. The molecule has 0 aromatic carbocycles. The van der Waals surface area contributed by atoms with Crippen LogP contribution in [0, 0.1) is 5.92 Å². The molecule has 14 heavy (non-hydrogen) atoms. The molecular weight excluding hydrogens is 178 g/mol. The van der Waals surface area contributed by atoms with Crippen LogP contribution in [0.25, 0.3) is 0 Å². The van der Waals surface area contributed by atoms with E-state index >= 15 is 0 Å². The van der Waals surface area contributed by atoms with Crippen LogP contribution in [0.1, 0.15) is 32.6 Å². The fraction of sp³-hybridized carbons (Fsp3) is 1.00. The monoisotopic (exact) mass is 201 g/mol. The second kappa shape index (κ2) is 6.38. The van der Waals surface area contributed by atoms with Crippen molar-refractivity contribution in [3.63, 3.8) is 0 Å². The summed E-state index contributed by atoms with van der Waals surface area (Å²) >= 11 is 0. The van der Waals surface area contributed by atoms with Crippen molar-refractivity contribution in [1.29, 1.82) is 0 Å². The Hall–Kier alpha value is -0.120. The van der Waals surface area contributed by atoms with Crippen molar-refractivity contribution in [3.05, 3.63) is 0 Å². The van der Waals surface area contributed by atoms with Gasteiger partial charge >= 0.3 is 0 Å². The van der Waals surface area contributed by atoms with Crippen LogP contribution >= 0.6 is 0 Å². The van der Waals surface area contributed by atoms with Crippen LogP contribution in [0.5, 0.6) is 0 Å². The van der Waals surface area contributed by atoms with Gasteiger partial charge in [-0.25, -0.2) is 0 Å². The summed E-state index contributed by atoms with van der Waals surface area (Å²) in [5.41, 5.74) is 0. The van der Waals surface area contributed by atoms with Gasteiger partial charge in [0.2, 0.25) is 0 Å². The highest BCUT2D eigenvalue weighted by Gasteiger charge is 2.22. The van der Waals surface area contributed by atoms with Crippen LogP contribution in [0.4, 0.5) is 0 Å². The molecule has 0 radical (unpaired) electrons. The van der Waals surface area contributed by atoms with Gasteiger partial charge in [0.15, 0.2) is 0 Å². The minimum atomic E-state index is -0.170. The van der Waals surface area contributed by atoms with E-state index in [-0.39, 0.29) is 6.10 Å². The lowest BCUT2D eigenvalue weighted by Crippen LogP contribution is -2.38. The summed E-state index contributed by atoms with van der Waals surface area (Å²) in [4.78, 5) is 0. The van der Waals surface area contributed by atoms with Gasteiger partial charge in [-0.2, -0.15) is 0 Å². The first kappa shape index (κ1) is 12.0. The predicted octanol–water partition coefficient (Wildman–Crippen LogP) is 1.16. The molecule has 2 N–H and O–H groups in total. The van der Waals surface area contributed by atoms with Gasteiger partial charge in [-0.15, -0.1) is 0 Å². The van der Waals surface area contributed by atoms with Crippen LogP contribution in [0.3, 0.4) is 0 Å². The summed E-state index contributed by atoms with van der Waals surface area (Å²) in [7, 11) is 1.70. The minimum Gasteiger partial charge on any atom is -0.392 e. The smallest absolute Gasteiger partial charge is 0.0692 e. The lowest BCUT2D eigenvalue weighted by atomic mass is 10.0.